The molecule has 1 aromatic rings. The molecular formula is C14H17N3OS. The Kier molecular flexibility index (Phi) is 4.80. The summed E-state index contributed by atoms with van der Waals surface area (Å²) in [6, 6.07) is 5.41. The van der Waals surface area contributed by atoms with Crippen molar-refractivity contribution in [2.24, 2.45) is 0 Å². The number of pyridine rings is 1. The second-order valence-electron chi connectivity index (χ2n) is 4.68. The second kappa shape index (κ2) is 6.58. The quantitative estimate of drug-likeness (QED) is 0.826. The molecule has 1 saturated heterocycles. The smallest absolute Gasteiger partial charge is 0.228 e. The average Bonchev–Trinajstić information content (AvgIpc) is 2.64. The molecule has 0 aliphatic carbocycles. The molecule has 0 radical (unpaired) electrons. The van der Waals surface area contributed by atoms with Crippen LogP contribution in [0.15, 0.2) is 18.3 Å². The molecule has 0 spiro atoms. The second-order valence-corrected chi connectivity index (χ2v) is 6.22. The first kappa shape index (κ1) is 13.9. The largest absolute Gasteiger partial charge is 0.341 e. The van der Waals surface area contributed by atoms with Crippen molar-refractivity contribution in [2.75, 3.05) is 18.8 Å². The van der Waals surface area contributed by atoms with Gasteiger partial charge in [0.05, 0.1) is 23.7 Å². The summed E-state index contributed by atoms with van der Waals surface area (Å²) >= 11 is 1.92. The molecule has 1 aromatic heterocycles. The zero-order chi connectivity index (χ0) is 13.7. The van der Waals surface area contributed by atoms with Crippen LogP contribution in [0.4, 0.5) is 0 Å². The normalized spacial score (nSPS) is 19.6. The lowest BCUT2D eigenvalue weighted by Crippen LogP contribution is -2.34. The Labute approximate surface area is 117 Å². The Balaban J connectivity index is 1.98. The van der Waals surface area contributed by atoms with E-state index < -0.39 is 0 Å². The van der Waals surface area contributed by atoms with Crippen LogP contribution in [0, 0.1) is 11.3 Å². The SMILES string of the molecule is CC1CCN(C(=O)Cc2cc(C#N)ccn2)CCS1. The highest BCUT2D eigenvalue weighted by Crippen LogP contribution is 2.19. The minimum absolute atomic E-state index is 0.109. The summed E-state index contributed by atoms with van der Waals surface area (Å²) in [5.41, 5.74) is 1.23. The summed E-state index contributed by atoms with van der Waals surface area (Å²) in [6.07, 6.45) is 2.91. The van der Waals surface area contributed by atoms with Crippen LogP contribution >= 0.6 is 11.8 Å². The fraction of sp³-hybridized carbons (Fsp3) is 0.500. The summed E-state index contributed by atoms with van der Waals surface area (Å²) in [6.45, 7) is 3.84. The van der Waals surface area contributed by atoms with Gasteiger partial charge < -0.3 is 4.90 Å². The lowest BCUT2D eigenvalue weighted by Gasteiger charge is -2.19. The van der Waals surface area contributed by atoms with Crippen LogP contribution < -0.4 is 0 Å². The van der Waals surface area contributed by atoms with E-state index in [9.17, 15) is 4.79 Å². The van der Waals surface area contributed by atoms with Gasteiger partial charge in [-0.15, -0.1) is 0 Å². The Hall–Kier alpha value is -1.54. The van der Waals surface area contributed by atoms with E-state index in [4.69, 9.17) is 5.26 Å². The molecule has 1 aliphatic heterocycles. The average molecular weight is 275 g/mol. The Morgan fingerprint density at radius 2 is 2.47 bits per heavy atom. The zero-order valence-corrected chi connectivity index (χ0v) is 11.8. The highest BCUT2D eigenvalue weighted by molar-refractivity contribution is 7.99. The van der Waals surface area contributed by atoms with Gasteiger partial charge in [0.25, 0.3) is 0 Å². The number of nitrogens with zero attached hydrogens (tertiary/aromatic N) is 3. The summed E-state index contributed by atoms with van der Waals surface area (Å²) in [4.78, 5) is 18.3. The molecule has 2 rings (SSSR count). The molecule has 0 aromatic carbocycles. The van der Waals surface area contributed by atoms with Gasteiger partial charge in [-0.25, -0.2) is 0 Å². The van der Waals surface area contributed by atoms with Gasteiger partial charge in [-0.3, -0.25) is 9.78 Å². The number of nitriles is 1. The number of hydrogen-bond donors (Lipinski definition) is 0. The molecule has 0 bridgehead atoms. The van der Waals surface area contributed by atoms with E-state index in [1.165, 1.54) is 0 Å². The molecule has 1 aliphatic rings. The maximum atomic E-state index is 12.2. The molecule has 4 nitrogen and oxygen atoms in total. The van der Waals surface area contributed by atoms with E-state index in [0.717, 1.165) is 25.3 Å². The fourth-order valence-electron chi connectivity index (χ4n) is 2.06. The number of carbonyl (C=O) groups is 1. The minimum atomic E-state index is 0.109. The summed E-state index contributed by atoms with van der Waals surface area (Å²) < 4.78 is 0. The third kappa shape index (κ3) is 3.97. The number of thioether (sulfide) groups is 1. The molecule has 1 fully saturated rings. The van der Waals surface area contributed by atoms with Gasteiger partial charge in [0.15, 0.2) is 0 Å². The van der Waals surface area contributed by atoms with Crippen LogP contribution in [0.25, 0.3) is 0 Å². The van der Waals surface area contributed by atoms with Gasteiger partial charge in [-0.05, 0) is 18.6 Å². The number of hydrogen-bond acceptors (Lipinski definition) is 4. The van der Waals surface area contributed by atoms with Crippen LogP contribution in [0.5, 0.6) is 0 Å². The van der Waals surface area contributed by atoms with Crippen molar-refractivity contribution in [2.45, 2.75) is 25.0 Å². The highest BCUT2D eigenvalue weighted by Gasteiger charge is 2.19. The third-order valence-corrected chi connectivity index (χ3v) is 4.42. The van der Waals surface area contributed by atoms with Crippen molar-refractivity contribution in [3.63, 3.8) is 0 Å². The first-order valence-corrected chi connectivity index (χ1v) is 7.48. The molecule has 0 N–H and O–H groups in total. The van der Waals surface area contributed by atoms with Gasteiger partial charge in [0.1, 0.15) is 0 Å². The van der Waals surface area contributed by atoms with Gasteiger partial charge in [-0.1, -0.05) is 6.92 Å². The van der Waals surface area contributed by atoms with Crippen molar-refractivity contribution in [3.05, 3.63) is 29.6 Å². The zero-order valence-electron chi connectivity index (χ0n) is 11.0. The van der Waals surface area contributed by atoms with E-state index in [1.807, 2.05) is 16.7 Å². The van der Waals surface area contributed by atoms with Crippen LogP contribution in [-0.2, 0) is 11.2 Å². The molecule has 0 saturated carbocycles. The number of rotatable bonds is 2. The molecule has 2 heterocycles. The van der Waals surface area contributed by atoms with Crippen LogP contribution in [-0.4, -0.2) is 39.9 Å². The molecule has 5 heteroatoms. The maximum Gasteiger partial charge on any atom is 0.228 e. The Bertz CT molecular complexity index is 498. The summed E-state index contributed by atoms with van der Waals surface area (Å²) in [5, 5.41) is 9.46. The topological polar surface area (TPSA) is 57.0 Å². The fourth-order valence-corrected chi connectivity index (χ4v) is 3.06. The molecular weight excluding hydrogens is 258 g/mol. The number of aromatic nitrogens is 1. The van der Waals surface area contributed by atoms with E-state index >= 15 is 0 Å². The lowest BCUT2D eigenvalue weighted by atomic mass is 10.2. The van der Waals surface area contributed by atoms with Crippen LogP contribution in [0.1, 0.15) is 24.6 Å². The van der Waals surface area contributed by atoms with Gasteiger partial charge in [0, 0.05) is 30.3 Å². The van der Waals surface area contributed by atoms with Crippen molar-refractivity contribution in [3.8, 4) is 6.07 Å². The minimum Gasteiger partial charge on any atom is -0.341 e. The van der Waals surface area contributed by atoms with Crippen molar-refractivity contribution >= 4 is 17.7 Å². The van der Waals surface area contributed by atoms with Crippen LogP contribution in [0.3, 0.4) is 0 Å². The summed E-state index contributed by atoms with van der Waals surface area (Å²) in [7, 11) is 0. The van der Waals surface area contributed by atoms with Crippen LogP contribution in [0.2, 0.25) is 0 Å². The molecule has 1 amide bonds. The first-order valence-electron chi connectivity index (χ1n) is 6.43. The van der Waals surface area contributed by atoms with E-state index in [0.29, 0.717) is 16.5 Å². The highest BCUT2D eigenvalue weighted by atomic mass is 32.2. The van der Waals surface area contributed by atoms with Gasteiger partial charge >= 0.3 is 0 Å². The van der Waals surface area contributed by atoms with Crippen molar-refractivity contribution < 1.29 is 4.79 Å². The first-order chi connectivity index (χ1) is 9.19. The van der Waals surface area contributed by atoms with Gasteiger partial charge in [-0.2, -0.15) is 17.0 Å². The molecule has 100 valence electrons. The van der Waals surface area contributed by atoms with Gasteiger partial charge in [0.2, 0.25) is 5.91 Å². The maximum absolute atomic E-state index is 12.2. The lowest BCUT2D eigenvalue weighted by molar-refractivity contribution is -0.130. The van der Waals surface area contributed by atoms with E-state index in [1.54, 1.807) is 18.3 Å². The van der Waals surface area contributed by atoms with E-state index in [2.05, 4.69) is 18.0 Å². The molecule has 19 heavy (non-hydrogen) atoms. The Morgan fingerprint density at radius 1 is 1.63 bits per heavy atom. The predicted octanol–water partition coefficient (Wildman–Crippen LogP) is 1.85. The summed E-state index contributed by atoms with van der Waals surface area (Å²) in [5.74, 6) is 1.11. The Morgan fingerprint density at radius 3 is 3.26 bits per heavy atom. The molecule has 1 unspecified atom stereocenters. The predicted molar refractivity (Wildman–Crippen MR) is 75.8 cm³/mol. The van der Waals surface area contributed by atoms with Crippen molar-refractivity contribution in [1.29, 1.82) is 5.26 Å². The number of amides is 1. The van der Waals surface area contributed by atoms with Crippen molar-refractivity contribution in [1.82, 2.24) is 9.88 Å². The number of carbonyl (C=O) groups excluding carboxylic acids is 1. The van der Waals surface area contributed by atoms with E-state index in [-0.39, 0.29) is 12.3 Å². The molecule has 1 atom stereocenters. The monoisotopic (exact) mass is 275 g/mol. The third-order valence-electron chi connectivity index (χ3n) is 3.20. The standard InChI is InChI=1S/C14H17N3OS/c1-11-3-5-17(6-7-19-11)14(18)9-13-8-12(10-15)2-4-16-13/h2,4,8,11H,3,5-7,9H2,1H3.